The van der Waals surface area contributed by atoms with Gasteiger partial charge in [-0.1, -0.05) is 78.9 Å². The number of carbonyl (C=O) groups is 2. The van der Waals surface area contributed by atoms with Crippen molar-refractivity contribution in [1.29, 1.82) is 0 Å². The molecule has 4 nitrogen and oxygen atoms in total. The van der Waals surface area contributed by atoms with E-state index in [1.807, 2.05) is 84.9 Å². The highest BCUT2D eigenvalue weighted by Gasteiger charge is 2.58. The van der Waals surface area contributed by atoms with Crippen molar-refractivity contribution in [1.82, 2.24) is 0 Å². The number of benzene rings is 3. The van der Waals surface area contributed by atoms with E-state index in [9.17, 15) is 9.59 Å². The summed E-state index contributed by atoms with van der Waals surface area (Å²) < 4.78 is 6.15. The van der Waals surface area contributed by atoms with Crippen molar-refractivity contribution in [3.05, 3.63) is 107 Å². The number of ketones is 1. The number of hydrogen-bond acceptors (Lipinski definition) is 3. The van der Waals surface area contributed by atoms with Crippen molar-refractivity contribution in [3.63, 3.8) is 0 Å². The molecule has 2 aliphatic heterocycles. The molecule has 0 aliphatic carbocycles. The number of nitrogens with zero attached hydrogens (tertiary/aromatic N) is 1. The Bertz CT molecular complexity index is 1120. The summed E-state index contributed by atoms with van der Waals surface area (Å²) >= 11 is 0. The zero-order chi connectivity index (χ0) is 19.8. The highest BCUT2D eigenvalue weighted by molar-refractivity contribution is 6.13. The number of para-hydroxylation sites is 1. The summed E-state index contributed by atoms with van der Waals surface area (Å²) in [6, 6.07) is 26.9. The number of hydrogen-bond donors (Lipinski definition) is 0. The number of Topliss-reactive ketones (excluding diaryl/α,β-unsaturated/α-hetero) is 1. The lowest BCUT2D eigenvalue weighted by Gasteiger charge is -2.23. The number of amides is 1. The number of rotatable bonds is 3. The summed E-state index contributed by atoms with van der Waals surface area (Å²) in [4.78, 5) is 28.1. The number of fused-ring (bicyclic) bond motifs is 2. The van der Waals surface area contributed by atoms with E-state index in [0.717, 1.165) is 22.4 Å². The summed E-state index contributed by atoms with van der Waals surface area (Å²) in [5.74, 6) is -0.105. The van der Waals surface area contributed by atoms with Crippen LogP contribution >= 0.6 is 0 Å². The lowest BCUT2D eigenvalue weighted by atomic mass is 9.92. The summed E-state index contributed by atoms with van der Waals surface area (Å²) in [5, 5.41) is 0. The van der Waals surface area contributed by atoms with Gasteiger partial charge < -0.3 is 9.64 Å². The molecule has 0 aromatic heterocycles. The van der Waals surface area contributed by atoms with Gasteiger partial charge in [-0.2, -0.15) is 0 Å². The van der Waals surface area contributed by atoms with Crippen LogP contribution in [0.1, 0.15) is 23.1 Å². The van der Waals surface area contributed by atoms with E-state index in [0.29, 0.717) is 6.54 Å². The maximum atomic E-state index is 13.6. The van der Waals surface area contributed by atoms with Gasteiger partial charge in [0.05, 0.1) is 18.7 Å². The minimum Gasteiger partial charge on any atom is -0.468 e. The maximum absolute atomic E-state index is 13.6. The Kier molecular flexibility index (Phi) is 4.06. The molecular formula is C25H19NO3. The van der Waals surface area contributed by atoms with Crippen LogP contribution in [0.25, 0.3) is 6.08 Å². The summed E-state index contributed by atoms with van der Waals surface area (Å²) in [6.45, 7) is 0.438. The van der Waals surface area contributed by atoms with E-state index in [1.54, 1.807) is 11.0 Å². The molecule has 3 aromatic carbocycles. The predicted octanol–water partition coefficient (Wildman–Crippen LogP) is 4.46. The third-order valence-corrected chi connectivity index (χ3v) is 5.47. The average Bonchev–Trinajstić information content (AvgIpc) is 3.20. The van der Waals surface area contributed by atoms with Crippen molar-refractivity contribution in [3.8, 4) is 0 Å². The molecule has 1 atom stereocenters. The van der Waals surface area contributed by atoms with Crippen LogP contribution in [0.5, 0.6) is 0 Å². The van der Waals surface area contributed by atoms with Gasteiger partial charge in [-0.05, 0) is 23.3 Å². The van der Waals surface area contributed by atoms with Crippen LogP contribution in [-0.4, -0.2) is 11.7 Å². The predicted molar refractivity (Wildman–Crippen MR) is 111 cm³/mol. The molecule has 1 amide bonds. The van der Waals surface area contributed by atoms with E-state index < -0.39 is 5.60 Å². The Morgan fingerprint density at radius 2 is 1.52 bits per heavy atom. The van der Waals surface area contributed by atoms with Gasteiger partial charge in [-0.3, -0.25) is 9.59 Å². The van der Waals surface area contributed by atoms with Crippen LogP contribution in [0.3, 0.4) is 0 Å². The van der Waals surface area contributed by atoms with Gasteiger partial charge in [-0.25, -0.2) is 0 Å². The lowest BCUT2D eigenvalue weighted by molar-refractivity contribution is -0.135. The minimum atomic E-state index is -1.27. The van der Waals surface area contributed by atoms with Gasteiger partial charge in [0.15, 0.2) is 5.76 Å². The molecule has 5 rings (SSSR count). The molecule has 1 fully saturated rings. The Hall–Kier alpha value is -3.66. The van der Waals surface area contributed by atoms with Gasteiger partial charge in [0.25, 0.3) is 5.91 Å². The van der Waals surface area contributed by atoms with E-state index in [-0.39, 0.29) is 23.9 Å². The lowest BCUT2D eigenvalue weighted by Crippen LogP contribution is -2.39. The molecule has 2 aliphatic rings. The molecule has 4 heteroatoms. The van der Waals surface area contributed by atoms with Gasteiger partial charge in [0, 0.05) is 5.56 Å². The zero-order valence-corrected chi connectivity index (χ0v) is 15.7. The smallest absolute Gasteiger partial charge is 0.276 e. The molecule has 0 N–H and O–H groups in total. The Balaban J connectivity index is 1.54. The molecule has 29 heavy (non-hydrogen) atoms. The van der Waals surface area contributed by atoms with E-state index in [1.165, 1.54) is 0 Å². The van der Waals surface area contributed by atoms with Gasteiger partial charge in [0.1, 0.15) is 0 Å². The molecule has 0 radical (unpaired) electrons. The van der Waals surface area contributed by atoms with E-state index in [4.69, 9.17) is 4.74 Å². The Morgan fingerprint density at radius 1 is 0.862 bits per heavy atom. The van der Waals surface area contributed by atoms with Crippen LogP contribution in [0, 0.1) is 0 Å². The van der Waals surface area contributed by atoms with Gasteiger partial charge in [0.2, 0.25) is 11.4 Å². The number of anilines is 1. The van der Waals surface area contributed by atoms with Crippen LogP contribution in [0.15, 0.2) is 90.7 Å². The van der Waals surface area contributed by atoms with Crippen molar-refractivity contribution < 1.29 is 14.3 Å². The van der Waals surface area contributed by atoms with Crippen LogP contribution in [-0.2, 0) is 26.5 Å². The van der Waals surface area contributed by atoms with Crippen molar-refractivity contribution in [2.75, 3.05) is 4.90 Å². The number of allylic oxidation sites excluding steroid dienone is 1. The van der Waals surface area contributed by atoms with Crippen molar-refractivity contribution in [2.24, 2.45) is 0 Å². The second kappa shape index (κ2) is 6.74. The zero-order valence-electron chi connectivity index (χ0n) is 15.7. The SMILES string of the molecule is O=C1CC2(O/C1=C/c1ccccc1)C(=O)N(Cc1ccccc1)c1ccccc12. The summed E-state index contributed by atoms with van der Waals surface area (Å²) in [5.41, 5.74) is 2.17. The Labute approximate surface area is 169 Å². The Morgan fingerprint density at radius 3 is 2.28 bits per heavy atom. The fraction of sp³-hybridized carbons (Fsp3) is 0.120. The molecule has 1 saturated heterocycles. The molecule has 0 saturated carbocycles. The highest BCUT2D eigenvalue weighted by Crippen LogP contribution is 2.50. The first-order valence-electron chi connectivity index (χ1n) is 9.62. The minimum absolute atomic E-state index is 0.0206. The third-order valence-electron chi connectivity index (χ3n) is 5.47. The fourth-order valence-corrected chi connectivity index (χ4v) is 4.09. The normalized spacial score (nSPS) is 21.7. The molecule has 3 aromatic rings. The van der Waals surface area contributed by atoms with Crippen molar-refractivity contribution in [2.45, 2.75) is 18.6 Å². The monoisotopic (exact) mass is 381 g/mol. The van der Waals surface area contributed by atoms with Crippen LogP contribution in [0.4, 0.5) is 5.69 Å². The first-order valence-corrected chi connectivity index (χ1v) is 9.62. The fourth-order valence-electron chi connectivity index (χ4n) is 4.09. The van der Waals surface area contributed by atoms with Gasteiger partial charge >= 0.3 is 0 Å². The molecule has 2 heterocycles. The third kappa shape index (κ3) is 2.85. The van der Waals surface area contributed by atoms with E-state index >= 15 is 0 Å². The second-order valence-electron chi connectivity index (χ2n) is 7.34. The molecule has 1 unspecified atom stereocenters. The summed E-state index contributed by atoms with van der Waals surface area (Å²) in [7, 11) is 0. The quantitative estimate of drug-likeness (QED) is 0.630. The summed E-state index contributed by atoms with van der Waals surface area (Å²) in [6.07, 6.45) is 1.74. The standard InChI is InChI=1S/C25H19NO3/c27-22-16-25(29-23(22)15-18-9-3-1-4-10-18)20-13-7-8-14-21(20)26(24(25)28)17-19-11-5-2-6-12-19/h1-15H,16-17H2/b23-15+. The molecule has 142 valence electrons. The highest BCUT2D eigenvalue weighted by atomic mass is 16.5. The van der Waals surface area contributed by atoms with E-state index in [2.05, 4.69) is 0 Å². The topological polar surface area (TPSA) is 46.6 Å². The van der Waals surface area contributed by atoms with Gasteiger partial charge in [-0.15, -0.1) is 0 Å². The molecular weight excluding hydrogens is 362 g/mol. The first kappa shape index (κ1) is 17.4. The second-order valence-corrected chi connectivity index (χ2v) is 7.34. The van der Waals surface area contributed by atoms with Crippen LogP contribution < -0.4 is 4.90 Å². The largest absolute Gasteiger partial charge is 0.468 e. The number of ether oxygens (including phenoxy) is 1. The van der Waals surface area contributed by atoms with Crippen LogP contribution in [0.2, 0.25) is 0 Å². The van der Waals surface area contributed by atoms with Crippen molar-refractivity contribution >= 4 is 23.5 Å². The first-order chi connectivity index (χ1) is 14.2. The number of carbonyl (C=O) groups excluding carboxylic acids is 2. The maximum Gasteiger partial charge on any atom is 0.276 e. The molecule has 1 spiro atoms. The molecule has 0 bridgehead atoms. The average molecular weight is 381 g/mol.